The quantitative estimate of drug-likeness (QED) is 0.905. The summed E-state index contributed by atoms with van der Waals surface area (Å²) in [5.74, 6) is -0.238. The minimum Gasteiger partial charge on any atom is -0.497 e. The predicted octanol–water partition coefficient (Wildman–Crippen LogP) is 2.42. The van der Waals surface area contributed by atoms with Gasteiger partial charge in [0, 0.05) is 18.8 Å². The van der Waals surface area contributed by atoms with Crippen LogP contribution < -0.4 is 9.64 Å². The molecule has 0 aliphatic rings. The van der Waals surface area contributed by atoms with Crippen molar-refractivity contribution in [2.75, 3.05) is 19.1 Å². The van der Waals surface area contributed by atoms with Gasteiger partial charge in [-0.1, -0.05) is 12.1 Å². The maximum Gasteiger partial charge on any atom is 0.354 e. The van der Waals surface area contributed by atoms with E-state index in [-0.39, 0.29) is 5.69 Å². The Kier molecular flexibility index (Phi) is 4.20. The van der Waals surface area contributed by atoms with E-state index < -0.39 is 5.97 Å². The van der Waals surface area contributed by atoms with Crippen LogP contribution in [0.4, 0.5) is 5.69 Å². The average molecular weight is 272 g/mol. The molecule has 1 aromatic carbocycles. The molecule has 0 unspecified atom stereocenters. The van der Waals surface area contributed by atoms with Crippen molar-refractivity contribution in [3.05, 3.63) is 53.9 Å². The van der Waals surface area contributed by atoms with Crippen LogP contribution in [-0.4, -0.2) is 30.2 Å². The van der Waals surface area contributed by atoms with E-state index in [2.05, 4.69) is 4.98 Å². The van der Waals surface area contributed by atoms with Crippen molar-refractivity contribution < 1.29 is 14.6 Å². The van der Waals surface area contributed by atoms with Gasteiger partial charge >= 0.3 is 5.97 Å². The summed E-state index contributed by atoms with van der Waals surface area (Å²) < 4.78 is 5.19. The summed E-state index contributed by atoms with van der Waals surface area (Å²) >= 11 is 0. The number of methoxy groups -OCH3 is 1. The number of carboxylic acids is 1. The molecule has 0 radical (unpaired) electrons. The Balaban J connectivity index is 2.16. The minimum atomic E-state index is -1.02. The van der Waals surface area contributed by atoms with Crippen molar-refractivity contribution in [2.24, 2.45) is 0 Å². The van der Waals surface area contributed by atoms with Crippen LogP contribution in [0.2, 0.25) is 0 Å². The lowest BCUT2D eigenvalue weighted by atomic mass is 10.2. The average Bonchev–Trinajstić information content (AvgIpc) is 2.47. The standard InChI is InChI=1S/C15H16N2O3/c1-17(12-6-4-7-13(9-12)20-2)10-11-5-3-8-14(16-11)15(18)19/h3-9H,10H2,1-2H3,(H,18,19). The van der Waals surface area contributed by atoms with E-state index in [4.69, 9.17) is 9.84 Å². The zero-order valence-corrected chi connectivity index (χ0v) is 11.4. The van der Waals surface area contributed by atoms with Crippen LogP contribution in [0, 0.1) is 0 Å². The van der Waals surface area contributed by atoms with Gasteiger partial charge in [0.15, 0.2) is 0 Å². The van der Waals surface area contributed by atoms with Gasteiger partial charge in [0.05, 0.1) is 19.3 Å². The Morgan fingerprint density at radius 2 is 2.05 bits per heavy atom. The Hall–Kier alpha value is -2.56. The predicted molar refractivity (Wildman–Crippen MR) is 76.3 cm³/mol. The second-order valence-electron chi connectivity index (χ2n) is 4.38. The molecule has 0 aliphatic heterocycles. The number of rotatable bonds is 5. The summed E-state index contributed by atoms with van der Waals surface area (Å²) in [6, 6.07) is 12.7. The maximum atomic E-state index is 10.9. The number of benzene rings is 1. The van der Waals surface area contributed by atoms with E-state index in [1.54, 1.807) is 13.2 Å². The topological polar surface area (TPSA) is 62.7 Å². The summed E-state index contributed by atoms with van der Waals surface area (Å²) in [7, 11) is 3.54. The van der Waals surface area contributed by atoms with Crippen LogP contribution in [0.25, 0.3) is 0 Å². The summed E-state index contributed by atoms with van der Waals surface area (Å²) in [6.45, 7) is 0.522. The molecule has 104 valence electrons. The molecular weight excluding hydrogens is 256 g/mol. The van der Waals surface area contributed by atoms with Crippen LogP contribution >= 0.6 is 0 Å². The van der Waals surface area contributed by atoms with Gasteiger partial charge in [0.25, 0.3) is 0 Å². The van der Waals surface area contributed by atoms with Gasteiger partial charge in [0.1, 0.15) is 11.4 Å². The van der Waals surface area contributed by atoms with Crippen molar-refractivity contribution >= 4 is 11.7 Å². The molecule has 5 nitrogen and oxygen atoms in total. The van der Waals surface area contributed by atoms with Crippen LogP contribution in [0.1, 0.15) is 16.2 Å². The summed E-state index contributed by atoms with van der Waals surface area (Å²) in [4.78, 5) is 17.0. The fourth-order valence-electron chi connectivity index (χ4n) is 1.87. The fraction of sp³-hybridized carbons (Fsp3) is 0.200. The lowest BCUT2D eigenvalue weighted by molar-refractivity contribution is 0.0690. The molecule has 1 N–H and O–H groups in total. The van der Waals surface area contributed by atoms with Crippen LogP contribution in [-0.2, 0) is 6.54 Å². The van der Waals surface area contributed by atoms with E-state index in [0.29, 0.717) is 12.2 Å². The Morgan fingerprint density at radius 1 is 1.30 bits per heavy atom. The first-order valence-electron chi connectivity index (χ1n) is 6.14. The number of aromatic nitrogens is 1. The molecule has 0 fully saturated rings. The molecule has 0 spiro atoms. The third-order valence-corrected chi connectivity index (χ3v) is 2.92. The first-order chi connectivity index (χ1) is 9.60. The molecular formula is C15H16N2O3. The number of carbonyl (C=O) groups is 1. The molecule has 20 heavy (non-hydrogen) atoms. The molecule has 1 aromatic heterocycles. The monoisotopic (exact) mass is 272 g/mol. The van der Waals surface area contributed by atoms with Crippen LogP contribution in [0.3, 0.4) is 0 Å². The molecule has 0 saturated carbocycles. The highest BCUT2D eigenvalue weighted by molar-refractivity contribution is 5.85. The highest BCUT2D eigenvalue weighted by atomic mass is 16.5. The number of ether oxygens (including phenoxy) is 1. The van der Waals surface area contributed by atoms with E-state index in [0.717, 1.165) is 11.4 Å². The first-order valence-corrected chi connectivity index (χ1v) is 6.14. The molecule has 0 atom stereocenters. The molecule has 0 bridgehead atoms. The van der Waals surface area contributed by atoms with Gasteiger partial charge in [-0.2, -0.15) is 0 Å². The van der Waals surface area contributed by atoms with E-state index >= 15 is 0 Å². The van der Waals surface area contributed by atoms with Gasteiger partial charge in [-0.15, -0.1) is 0 Å². The lowest BCUT2D eigenvalue weighted by Crippen LogP contribution is -2.18. The zero-order chi connectivity index (χ0) is 14.5. The van der Waals surface area contributed by atoms with Crippen molar-refractivity contribution in [2.45, 2.75) is 6.54 Å². The number of aromatic carboxylic acids is 1. The van der Waals surface area contributed by atoms with Gasteiger partial charge in [-0.3, -0.25) is 0 Å². The summed E-state index contributed by atoms with van der Waals surface area (Å²) in [5, 5.41) is 8.94. The number of hydrogen-bond donors (Lipinski definition) is 1. The second kappa shape index (κ2) is 6.06. The Labute approximate surface area is 117 Å². The Bertz CT molecular complexity index is 614. The third kappa shape index (κ3) is 3.26. The molecule has 5 heteroatoms. The van der Waals surface area contributed by atoms with Crippen molar-refractivity contribution in [3.8, 4) is 5.75 Å². The number of nitrogens with zero attached hydrogens (tertiary/aromatic N) is 2. The number of pyridine rings is 1. The number of anilines is 1. The molecule has 0 saturated heterocycles. The maximum absolute atomic E-state index is 10.9. The van der Waals surface area contributed by atoms with Crippen molar-refractivity contribution in [3.63, 3.8) is 0 Å². The zero-order valence-electron chi connectivity index (χ0n) is 11.4. The SMILES string of the molecule is COc1cccc(N(C)Cc2cccc(C(=O)O)n2)c1. The number of hydrogen-bond acceptors (Lipinski definition) is 4. The lowest BCUT2D eigenvalue weighted by Gasteiger charge is -2.19. The van der Waals surface area contributed by atoms with Gasteiger partial charge in [-0.25, -0.2) is 9.78 Å². The first kappa shape index (κ1) is 13.9. The molecule has 2 rings (SSSR count). The Morgan fingerprint density at radius 3 is 2.75 bits per heavy atom. The van der Waals surface area contributed by atoms with E-state index in [1.165, 1.54) is 6.07 Å². The normalized spacial score (nSPS) is 10.1. The van der Waals surface area contributed by atoms with Crippen LogP contribution in [0.5, 0.6) is 5.75 Å². The molecule has 0 amide bonds. The van der Waals surface area contributed by atoms with Crippen LogP contribution in [0.15, 0.2) is 42.5 Å². The van der Waals surface area contributed by atoms with Gasteiger partial charge in [0.2, 0.25) is 0 Å². The summed E-state index contributed by atoms with van der Waals surface area (Å²) in [5.41, 5.74) is 1.74. The van der Waals surface area contributed by atoms with Gasteiger partial charge in [-0.05, 0) is 24.3 Å². The second-order valence-corrected chi connectivity index (χ2v) is 4.38. The highest BCUT2D eigenvalue weighted by Crippen LogP contribution is 2.21. The van der Waals surface area contributed by atoms with Gasteiger partial charge < -0.3 is 14.7 Å². The molecule has 0 aliphatic carbocycles. The highest BCUT2D eigenvalue weighted by Gasteiger charge is 2.08. The smallest absolute Gasteiger partial charge is 0.354 e. The van der Waals surface area contributed by atoms with Crippen molar-refractivity contribution in [1.82, 2.24) is 4.98 Å². The molecule has 2 aromatic rings. The van der Waals surface area contributed by atoms with E-state index in [9.17, 15) is 4.79 Å². The third-order valence-electron chi connectivity index (χ3n) is 2.92. The number of carboxylic acid groups (broad SMARTS) is 1. The van der Waals surface area contributed by atoms with Crippen molar-refractivity contribution in [1.29, 1.82) is 0 Å². The van der Waals surface area contributed by atoms with E-state index in [1.807, 2.05) is 42.3 Å². The minimum absolute atomic E-state index is 0.0570. The summed E-state index contributed by atoms with van der Waals surface area (Å²) in [6.07, 6.45) is 0. The largest absolute Gasteiger partial charge is 0.497 e. The molecule has 1 heterocycles. The fourth-order valence-corrected chi connectivity index (χ4v) is 1.87.